The Kier molecular flexibility index (Phi) is 11.3. The van der Waals surface area contributed by atoms with E-state index in [1.54, 1.807) is 56.0 Å². The Morgan fingerprint density at radius 3 is 2.30 bits per heavy atom. The number of carboxylic acid groups (broad SMARTS) is 1. The lowest BCUT2D eigenvalue weighted by Gasteiger charge is -2.35. The molecule has 1 aromatic carbocycles. The van der Waals surface area contributed by atoms with Crippen LogP contribution < -0.4 is 15.4 Å². The number of carbonyl (C=O) groups excluding carboxylic acids is 5. The fourth-order valence-electron chi connectivity index (χ4n) is 6.06. The quantitative estimate of drug-likeness (QED) is 0.277. The van der Waals surface area contributed by atoms with Gasteiger partial charge in [-0.1, -0.05) is 18.2 Å². The number of likely N-dealkylation sites (tertiary alicyclic amines) is 1. The minimum Gasteiger partial charge on any atom is -0.481 e. The summed E-state index contributed by atoms with van der Waals surface area (Å²) in [4.78, 5) is 82.1. The number of rotatable bonds is 13. The van der Waals surface area contributed by atoms with E-state index >= 15 is 0 Å². The number of para-hydroxylation sites is 1. The summed E-state index contributed by atoms with van der Waals surface area (Å²) in [5.41, 5.74) is -1.06. The molecule has 50 heavy (non-hydrogen) atoms. The van der Waals surface area contributed by atoms with Crippen molar-refractivity contribution in [3.63, 3.8) is 0 Å². The first-order chi connectivity index (χ1) is 23.9. The third-order valence-electron chi connectivity index (χ3n) is 8.89. The fraction of sp³-hybridized carbons (Fsp3) is 0.559. The van der Waals surface area contributed by atoms with Crippen molar-refractivity contribution in [2.45, 2.75) is 83.0 Å². The number of aliphatic carboxylic acids is 1. The van der Waals surface area contributed by atoms with E-state index in [2.05, 4.69) is 15.7 Å². The zero-order valence-corrected chi connectivity index (χ0v) is 28.6. The first-order valence-corrected chi connectivity index (χ1v) is 17.1. The number of aromatic nitrogens is 2. The van der Waals surface area contributed by atoms with E-state index in [1.807, 2.05) is 0 Å². The lowest BCUT2D eigenvalue weighted by molar-refractivity contribution is -0.150. The average Bonchev–Trinajstić information content (AvgIpc) is 3.60. The number of nitrogens with zero attached hydrogens (tertiary/aromatic N) is 5. The predicted molar refractivity (Wildman–Crippen MR) is 177 cm³/mol. The topological polar surface area (TPSA) is 193 Å². The molecule has 0 bridgehead atoms. The fourth-order valence-corrected chi connectivity index (χ4v) is 6.06. The van der Waals surface area contributed by atoms with Crippen LogP contribution in [-0.2, 0) is 23.9 Å². The van der Waals surface area contributed by atoms with Gasteiger partial charge in [-0.3, -0.25) is 24.0 Å². The molecule has 1 aromatic heterocycles. The second kappa shape index (κ2) is 15.6. The third kappa shape index (κ3) is 8.71. The van der Waals surface area contributed by atoms with Crippen molar-refractivity contribution in [3.8, 4) is 11.6 Å². The van der Waals surface area contributed by atoms with Crippen molar-refractivity contribution < 1.29 is 43.3 Å². The van der Waals surface area contributed by atoms with Crippen LogP contribution in [0.25, 0.3) is 5.69 Å². The van der Waals surface area contributed by atoms with E-state index in [0.717, 1.165) is 12.8 Å². The van der Waals surface area contributed by atoms with Crippen LogP contribution in [0, 0.1) is 0 Å². The minimum absolute atomic E-state index is 0.0707. The number of benzene rings is 1. The van der Waals surface area contributed by atoms with Gasteiger partial charge >= 0.3 is 12.1 Å². The van der Waals surface area contributed by atoms with E-state index in [0.29, 0.717) is 25.1 Å². The molecule has 2 aliphatic heterocycles. The van der Waals surface area contributed by atoms with Gasteiger partial charge in [0.2, 0.25) is 17.7 Å². The molecule has 0 radical (unpaired) electrons. The highest BCUT2D eigenvalue weighted by Gasteiger charge is 2.43. The van der Waals surface area contributed by atoms with Crippen LogP contribution in [0.5, 0.6) is 5.88 Å². The molecule has 3 aliphatic rings. The number of carbonyl (C=O) groups is 6. The highest BCUT2D eigenvalue weighted by molar-refractivity contribution is 5.97. The molecule has 1 aliphatic carbocycles. The molecule has 5 rings (SSSR count). The van der Waals surface area contributed by atoms with Crippen LogP contribution in [0.2, 0.25) is 0 Å². The molecule has 270 valence electrons. The third-order valence-corrected chi connectivity index (χ3v) is 8.89. The standard InChI is InChI=1S/C34H45N7O9/c1-4-49-33(48)39-19-17-38(18-20-39)31(46)24(14-15-28(42)43)36-29(44)25-21-27(41(37-25)23-9-6-5-7-10-23)50-34(2,3)32(47)40-16-8-11-26(40)30(45)35-22-12-13-22/h5-7,9-10,21-22,24,26H,4,8,11-20H2,1-3H3,(H,35,45)(H,36,44)(H,42,43)/t24-,26+/m0/s1. The monoisotopic (exact) mass is 695 g/mol. The van der Waals surface area contributed by atoms with E-state index in [1.165, 1.54) is 20.5 Å². The second-order valence-corrected chi connectivity index (χ2v) is 13.1. The zero-order chi connectivity index (χ0) is 36.0. The maximum Gasteiger partial charge on any atom is 0.409 e. The first-order valence-electron chi connectivity index (χ1n) is 17.1. The molecule has 0 unspecified atom stereocenters. The Balaban J connectivity index is 1.33. The lowest BCUT2D eigenvalue weighted by atomic mass is 10.1. The van der Waals surface area contributed by atoms with E-state index in [-0.39, 0.29) is 75.1 Å². The molecule has 0 spiro atoms. The predicted octanol–water partition coefficient (Wildman–Crippen LogP) is 1.56. The van der Waals surface area contributed by atoms with Crippen molar-refractivity contribution in [2.75, 3.05) is 39.3 Å². The van der Waals surface area contributed by atoms with Crippen LogP contribution in [-0.4, -0.2) is 128 Å². The molecule has 3 fully saturated rings. The Bertz CT molecular complexity index is 1580. The summed E-state index contributed by atoms with van der Waals surface area (Å²) >= 11 is 0. The maximum atomic E-state index is 13.9. The highest BCUT2D eigenvalue weighted by Crippen LogP contribution is 2.29. The summed E-state index contributed by atoms with van der Waals surface area (Å²) in [5, 5.41) is 19.5. The van der Waals surface area contributed by atoms with Gasteiger partial charge in [0.05, 0.1) is 12.3 Å². The van der Waals surface area contributed by atoms with Gasteiger partial charge < -0.3 is 39.9 Å². The van der Waals surface area contributed by atoms with Crippen LogP contribution in [0.1, 0.15) is 69.8 Å². The van der Waals surface area contributed by atoms with E-state index in [4.69, 9.17) is 9.47 Å². The molecule has 16 nitrogen and oxygen atoms in total. The molecule has 2 saturated heterocycles. The van der Waals surface area contributed by atoms with Crippen LogP contribution in [0.15, 0.2) is 36.4 Å². The number of hydrogen-bond donors (Lipinski definition) is 3. The SMILES string of the molecule is CCOC(=O)N1CCN(C(=O)[C@H](CCC(=O)O)NC(=O)c2cc(OC(C)(C)C(=O)N3CCC[C@@H]3C(=O)NC3CC3)n(-c3ccccc3)n2)CC1. The molecule has 3 heterocycles. The molecule has 2 aromatic rings. The summed E-state index contributed by atoms with van der Waals surface area (Å²) in [6.07, 6.45) is 2.07. The second-order valence-electron chi connectivity index (χ2n) is 13.1. The van der Waals surface area contributed by atoms with Gasteiger partial charge in [-0.25, -0.2) is 9.48 Å². The number of ether oxygens (including phenoxy) is 2. The van der Waals surface area contributed by atoms with Gasteiger partial charge in [0.1, 0.15) is 12.1 Å². The largest absolute Gasteiger partial charge is 0.481 e. The van der Waals surface area contributed by atoms with Crippen molar-refractivity contribution in [1.29, 1.82) is 0 Å². The molecular weight excluding hydrogens is 650 g/mol. The first kappa shape index (κ1) is 36.1. The molecule has 3 N–H and O–H groups in total. The van der Waals surface area contributed by atoms with Gasteiger partial charge in [-0.05, 0) is 65.0 Å². The van der Waals surface area contributed by atoms with E-state index < -0.39 is 41.6 Å². The van der Waals surface area contributed by atoms with Crippen LogP contribution >= 0.6 is 0 Å². The molecule has 5 amide bonds. The Morgan fingerprint density at radius 2 is 1.66 bits per heavy atom. The van der Waals surface area contributed by atoms with Crippen molar-refractivity contribution >= 4 is 35.7 Å². The number of piperazine rings is 1. The normalized spacial score (nSPS) is 18.3. The smallest absolute Gasteiger partial charge is 0.409 e. The van der Waals surface area contributed by atoms with Crippen LogP contribution in [0.4, 0.5) is 4.79 Å². The number of nitrogens with one attached hydrogen (secondary N) is 2. The minimum atomic E-state index is -1.46. The maximum absolute atomic E-state index is 13.9. The van der Waals surface area contributed by atoms with Gasteiger partial charge in [0, 0.05) is 51.3 Å². The highest BCUT2D eigenvalue weighted by atomic mass is 16.6. The Labute approximate surface area is 290 Å². The average molecular weight is 696 g/mol. The molecular formula is C34H45N7O9. The zero-order valence-electron chi connectivity index (χ0n) is 28.6. The van der Waals surface area contributed by atoms with E-state index in [9.17, 15) is 33.9 Å². The molecule has 16 heteroatoms. The van der Waals surface area contributed by atoms with Gasteiger partial charge in [-0.15, -0.1) is 0 Å². The summed E-state index contributed by atoms with van der Waals surface area (Å²) in [6.45, 7) is 6.33. The number of carboxylic acids is 1. The van der Waals surface area contributed by atoms with Crippen molar-refractivity contribution in [3.05, 3.63) is 42.1 Å². The van der Waals surface area contributed by atoms with Crippen LogP contribution in [0.3, 0.4) is 0 Å². The summed E-state index contributed by atoms with van der Waals surface area (Å²) < 4.78 is 12.7. The van der Waals surface area contributed by atoms with Gasteiger partial charge in [-0.2, -0.15) is 5.10 Å². The van der Waals surface area contributed by atoms with Crippen molar-refractivity contribution in [1.82, 2.24) is 35.1 Å². The Morgan fingerprint density at radius 1 is 0.980 bits per heavy atom. The Hall–Kier alpha value is -5.15. The molecule has 2 atom stereocenters. The molecule has 1 saturated carbocycles. The summed E-state index contributed by atoms with van der Waals surface area (Å²) in [5.74, 6) is -2.86. The lowest BCUT2D eigenvalue weighted by Crippen LogP contribution is -2.56. The van der Waals surface area contributed by atoms with Crippen molar-refractivity contribution in [2.24, 2.45) is 0 Å². The number of amides is 5. The summed E-state index contributed by atoms with van der Waals surface area (Å²) in [6, 6.07) is 8.56. The van der Waals surface area contributed by atoms with Gasteiger partial charge in [0.25, 0.3) is 11.8 Å². The van der Waals surface area contributed by atoms with Gasteiger partial charge in [0.15, 0.2) is 11.3 Å². The number of hydrogen-bond acceptors (Lipinski definition) is 9. The summed E-state index contributed by atoms with van der Waals surface area (Å²) in [7, 11) is 0.